The second kappa shape index (κ2) is 7.49. The SMILES string of the molecule is COc1ccc([C@@H]2SCCN2C(=O)Nc2ccccc2)c(OC)c1. The fourth-order valence-electron chi connectivity index (χ4n) is 2.67. The number of nitrogens with one attached hydrogen (secondary N) is 1. The van der Waals surface area contributed by atoms with Gasteiger partial charge in [-0.25, -0.2) is 4.79 Å². The van der Waals surface area contributed by atoms with Crippen LogP contribution in [0.3, 0.4) is 0 Å². The van der Waals surface area contributed by atoms with E-state index in [0.717, 1.165) is 28.5 Å². The van der Waals surface area contributed by atoms with E-state index in [4.69, 9.17) is 9.47 Å². The van der Waals surface area contributed by atoms with E-state index in [9.17, 15) is 4.79 Å². The Morgan fingerprint density at radius 3 is 2.67 bits per heavy atom. The van der Waals surface area contributed by atoms with Crippen LogP contribution in [0.5, 0.6) is 11.5 Å². The number of anilines is 1. The van der Waals surface area contributed by atoms with Gasteiger partial charge in [-0.1, -0.05) is 18.2 Å². The Hall–Kier alpha value is -2.34. The summed E-state index contributed by atoms with van der Waals surface area (Å²) in [6.45, 7) is 0.698. The lowest BCUT2D eigenvalue weighted by molar-refractivity contribution is 0.213. The molecule has 5 nitrogen and oxygen atoms in total. The van der Waals surface area contributed by atoms with E-state index in [1.54, 1.807) is 26.0 Å². The van der Waals surface area contributed by atoms with E-state index >= 15 is 0 Å². The zero-order valence-corrected chi connectivity index (χ0v) is 14.5. The van der Waals surface area contributed by atoms with Crippen molar-refractivity contribution in [3.63, 3.8) is 0 Å². The summed E-state index contributed by atoms with van der Waals surface area (Å²) in [5.74, 6) is 2.35. The summed E-state index contributed by atoms with van der Waals surface area (Å²) >= 11 is 1.73. The van der Waals surface area contributed by atoms with E-state index in [1.807, 2.05) is 53.4 Å². The average molecular weight is 344 g/mol. The van der Waals surface area contributed by atoms with E-state index in [1.165, 1.54) is 0 Å². The molecule has 6 heteroatoms. The minimum absolute atomic E-state index is 0.0745. The van der Waals surface area contributed by atoms with Gasteiger partial charge in [0.15, 0.2) is 0 Å². The highest BCUT2D eigenvalue weighted by Crippen LogP contribution is 2.43. The number of carbonyl (C=O) groups excluding carboxylic acids is 1. The van der Waals surface area contributed by atoms with Crippen molar-refractivity contribution < 1.29 is 14.3 Å². The van der Waals surface area contributed by atoms with Crippen molar-refractivity contribution in [3.05, 3.63) is 54.1 Å². The molecule has 0 aliphatic carbocycles. The van der Waals surface area contributed by atoms with Crippen LogP contribution in [0.2, 0.25) is 0 Å². The lowest BCUT2D eigenvalue weighted by atomic mass is 10.1. The molecule has 24 heavy (non-hydrogen) atoms. The van der Waals surface area contributed by atoms with Gasteiger partial charge in [0.2, 0.25) is 0 Å². The number of nitrogens with zero attached hydrogens (tertiary/aromatic N) is 1. The van der Waals surface area contributed by atoms with Gasteiger partial charge < -0.3 is 19.7 Å². The molecule has 0 saturated carbocycles. The maximum Gasteiger partial charge on any atom is 0.323 e. The fourth-order valence-corrected chi connectivity index (χ4v) is 3.96. The molecule has 3 rings (SSSR count). The Labute approximate surface area is 145 Å². The van der Waals surface area contributed by atoms with Crippen LogP contribution >= 0.6 is 11.8 Å². The van der Waals surface area contributed by atoms with Gasteiger partial charge in [0, 0.05) is 29.6 Å². The highest BCUT2D eigenvalue weighted by Gasteiger charge is 2.32. The molecule has 126 valence electrons. The maximum absolute atomic E-state index is 12.7. The van der Waals surface area contributed by atoms with Gasteiger partial charge in [0.1, 0.15) is 16.9 Å². The second-order valence-corrected chi connectivity index (χ2v) is 6.51. The highest BCUT2D eigenvalue weighted by molar-refractivity contribution is 7.99. The lowest BCUT2D eigenvalue weighted by Crippen LogP contribution is -2.34. The predicted octanol–water partition coefficient (Wildman–Crippen LogP) is 3.98. The molecule has 1 atom stereocenters. The molecule has 2 aromatic carbocycles. The number of urea groups is 1. The summed E-state index contributed by atoms with van der Waals surface area (Å²) in [5, 5.41) is 2.88. The molecular formula is C18H20N2O3S. The summed E-state index contributed by atoms with van der Waals surface area (Å²) in [6, 6.07) is 15.1. The molecule has 0 unspecified atom stereocenters. The van der Waals surface area contributed by atoms with E-state index in [-0.39, 0.29) is 11.4 Å². The van der Waals surface area contributed by atoms with E-state index in [2.05, 4.69) is 5.32 Å². The van der Waals surface area contributed by atoms with Crippen LogP contribution in [0.4, 0.5) is 10.5 Å². The van der Waals surface area contributed by atoms with Gasteiger partial charge >= 0.3 is 6.03 Å². The Bertz CT molecular complexity index is 709. The van der Waals surface area contributed by atoms with E-state index in [0.29, 0.717) is 6.54 Å². The first-order valence-electron chi connectivity index (χ1n) is 7.69. The molecule has 0 spiro atoms. The van der Waals surface area contributed by atoms with Gasteiger partial charge in [-0.3, -0.25) is 0 Å². The molecule has 0 bridgehead atoms. The van der Waals surface area contributed by atoms with Crippen LogP contribution in [-0.2, 0) is 0 Å². The molecule has 2 amide bonds. The van der Waals surface area contributed by atoms with E-state index < -0.39 is 0 Å². The molecule has 1 aliphatic heterocycles. The standard InChI is InChI=1S/C18H20N2O3S/c1-22-14-8-9-15(16(12-14)23-2)17-20(10-11-24-17)18(21)19-13-6-4-3-5-7-13/h3-9,12,17H,10-11H2,1-2H3,(H,19,21)/t17-/m0/s1. The smallest absolute Gasteiger partial charge is 0.323 e. The Morgan fingerprint density at radius 1 is 1.17 bits per heavy atom. The third-order valence-electron chi connectivity index (χ3n) is 3.88. The highest BCUT2D eigenvalue weighted by atomic mass is 32.2. The first kappa shape index (κ1) is 16.5. The second-order valence-electron chi connectivity index (χ2n) is 5.32. The number of benzene rings is 2. The number of hydrogen-bond donors (Lipinski definition) is 1. The minimum atomic E-state index is -0.103. The molecular weight excluding hydrogens is 324 g/mol. The van der Waals surface area contributed by atoms with Crippen LogP contribution in [0.15, 0.2) is 48.5 Å². The molecule has 0 radical (unpaired) electrons. The van der Waals surface area contributed by atoms with Gasteiger partial charge in [0.05, 0.1) is 14.2 Å². The summed E-state index contributed by atoms with van der Waals surface area (Å²) in [5.41, 5.74) is 1.77. The predicted molar refractivity (Wildman–Crippen MR) is 96.9 cm³/mol. The summed E-state index contributed by atoms with van der Waals surface area (Å²) in [7, 11) is 3.25. The van der Waals surface area contributed by atoms with Crippen molar-refractivity contribution >= 4 is 23.5 Å². The Morgan fingerprint density at radius 2 is 1.96 bits per heavy atom. The summed E-state index contributed by atoms with van der Waals surface area (Å²) in [6.07, 6.45) is 0. The van der Waals surface area contributed by atoms with Crippen LogP contribution in [0.25, 0.3) is 0 Å². The monoisotopic (exact) mass is 344 g/mol. The molecule has 1 aliphatic rings. The number of ether oxygens (including phenoxy) is 2. The van der Waals surface area contributed by atoms with Crippen LogP contribution in [-0.4, -0.2) is 37.4 Å². The topological polar surface area (TPSA) is 50.8 Å². The quantitative estimate of drug-likeness (QED) is 0.911. The van der Waals surface area contributed by atoms with Crippen molar-refractivity contribution in [1.82, 2.24) is 4.90 Å². The Balaban J connectivity index is 1.81. The molecule has 2 aromatic rings. The van der Waals surface area contributed by atoms with Crippen LogP contribution in [0.1, 0.15) is 10.9 Å². The van der Waals surface area contributed by atoms with Crippen LogP contribution < -0.4 is 14.8 Å². The summed E-state index contributed by atoms with van der Waals surface area (Å²) in [4.78, 5) is 14.5. The molecule has 0 aromatic heterocycles. The Kier molecular flexibility index (Phi) is 5.15. The fraction of sp³-hybridized carbons (Fsp3) is 0.278. The van der Waals surface area contributed by atoms with Crippen molar-refractivity contribution in [2.24, 2.45) is 0 Å². The number of para-hydroxylation sites is 1. The number of thioether (sulfide) groups is 1. The third kappa shape index (κ3) is 3.43. The maximum atomic E-state index is 12.7. The van der Waals surface area contributed by atoms with Crippen molar-refractivity contribution in [2.45, 2.75) is 5.37 Å². The molecule has 1 heterocycles. The van der Waals surface area contributed by atoms with Crippen LogP contribution in [0, 0.1) is 0 Å². The number of rotatable bonds is 4. The number of hydrogen-bond acceptors (Lipinski definition) is 4. The summed E-state index contributed by atoms with van der Waals surface area (Å²) < 4.78 is 10.7. The molecule has 1 N–H and O–H groups in total. The van der Waals surface area contributed by atoms with Crippen molar-refractivity contribution in [2.75, 3.05) is 31.8 Å². The van der Waals surface area contributed by atoms with Crippen molar-refractivity contribution in [3.8, 4) is 11.5 Å². The largest absolute Gasteiger partial charge is 0.497 e. The molecule has 1 fully saturated rings. The van der Waals surface area contributed by atoms with Gasteiger partial charge in [-0.05, 0) is 24.3 Å². The zero-order chi connectivity index (χ0) is 16.9. The first-order valence-corrected chi connectivity index (χ1v) is 8.74. The van der Waals surface area contributed by atoms with Gasteiger partial charge in [-0.15, -0.1) is 11.8 Å². The van der Waals surface area contributed by atoms with Gasteiger partial charge in [-0.2, -0.15) is 0 Å². The third-order valence-corrected chi connectivity index (χ3v) is 5.13. The number of methoxy groups -OCH3 is 2. The number of amides is 2. The molecule has 1 saturated heterocycles. The lowest BCUT2D eigenvalue weighted by Gasteiger charge is -2.26. The zero-order valence-electron chi connectivity index (χ0n) is 13.7. The van der Waals surface area contributed by atoms with Gasteiger partial charge in [0.25, 0.3) is 0 Å². The average Bonchev–Trinajstić information content (AvgIpc) is 3.11. The normalized spacial score (nSPS) is 16.8. The first-order chi connectivity index (χ1) is 11.7. The minimum Gasteiger partial charge on any atom is -0.497 e. The van der Waals surface area contributed by atoms with Crippen molar-refractivity contribution in [1.29, 1.82) is 0 Å². The number of carbonyl (C=O) groups is 1.